The topological polar surface area (TPSA) is 86.9 Å². The van der Waals surface area contributed by atoms with E-state index in [1.165, 1.54) is 18.4 Å². The summed E-state index contributed by atoms with van der Waals surface area (Å²) in [4.78, 5) is 28.4. The first-order valence-corrected chi connectivity index (χ1v) is 12.3. The molecule has 6 heteroatoms. The predicted octanol–water partition coefficient (Wildman–Crippen LogP) is 3.53. The number of aliphatic hydroxyl groups is 1. The molecular formula is C26H41N3O3. The second kappa shape index (κ2) is 10.8. The maximum atomic E-state index is 12.3. The van der Waals surface area contributed by atoms with Gasteiger partial charge in [-0.15, -0.1) is 0 Å². The SMILES string of the molecule is CCCC(C)(C)CN(CCCN1C2CCC1CC(c1cccc(C(N)=O)c1)C2)C(=O)CO. The van der Waals surface area contributed by atoms with Crippen molar-refractivity contribution in [2.75, 3.05) is 26.2 Å². The molecule has 2 amide bonds. The molecule has 2 aliphatic heterocycles. The number of carbonyl (C=O) groups excluding carboxylic acids is 2. The maximum Gasteiger partial charge on any atom is 0.248 e. The van der Waals surface area contributed by atoms with Crippen molar-refractivity contribution in [2.24, 2.45) is 11.1 Å². The minimum Gasteiger partial charge on any atom is -0.387 e. The average Bonchev–Trinajstić information content (AvgIpc) is 2.99. The second-order valence-corrected chi connectivity index (χ2v) is 10.5. The molecule has 2 unspecified atom stereocenters. The lowest BCUT2D eigenvalue weighted by atomic mass is 9.84. The molecule has 1 aromatic rings. The van der Waals surface area contributed by atoms with E-state index in [9.17, 15) is 14.7 Å². The molecule has 2 saturated heterocycles. The molecule has 1 aromatic carbocycles. The van der Waals surface area contributed by atoms with Crippen LogP contribution >= 0.6 is 0 Å². The van der Waals surface area contributed by atoms with E-state index in [2.05, 4.69) is 31.7 Å². The number of rotatable bonds is 11. The third-order valence-electron chi connectivity index (χ3n) is 7.40. The number of nitrogens with two attached hydrogens (primary N) is 1. The number of carbonyl (C=O) groups is 2. The fourth-order valence-corrected chi connectivity index (χ4v) is 5.97. The lowest BCUT2D eigenvalue weighted by molar-refractivity contribution is -0.135. The number of nitrogens with zero attached hydrogens (tertiary/aromatic N) is 2. The number of amides is 2. The first-order chi connectivity index (χ1) is 15.2. The molecule has 0 aromatic heterocycles. The zero-order chi connectivity index (χ0) is 23.3. The number of benzene rings is 1. The van der Waals surface area contributed by atoms with Gasteiger partial charge >= 0.3 is 0 Å². The molecule has 2 aliphatic rings. The summed E-state index contributed by atoms with van der Waals surface area (Å²) in [6.07, 6.45) is 7.76. The fraction of sp³-hybridized carbons (Fsp3) is 0.692. The molecular weight excluding hydrogens is 402 g/mol. The van der Waals surface area contributed by atoms with Crippen LogP contribution in [-0.4, -0.2) is 65.0 Å². The predicted molar refractivity (Wildman–Crippen MR) is 127 cm³/mol. The number of hydrogen-bond acceptors (Lipinski definition) is 4. The van der Waals surface area contributed by atoms with Crippen molar-refractivity contribution in [1.82, 2.24) is 9.80 Å². The van der Waals surface area contributed by atoms with E-state index in [4.69, 9.17) is 5.73 Å². The second-order valence-electron chi connectivity index (χ2n) is 10.5. The summed E-state index contributed by atoms with van der Waals surface area (Å²) in [6, 6.07) is 8.96. The van der Waals surface area contributed by atoms with E-state index in [-0.39, 0.29) is 17.2 Å². The Balaban J connectivity index is 1.56. The largest absolute Gasteiger partial charge is 0.387 e. The van der Waals surface area contributed by atoms with Gasteiger partial charge in [-0.05, 0) is 67.6 Å². The van der Waals surface area contributed by atoms with Crippen molar-refractivity contribution in [2.45, 2.75) is 83.7 Å². The van der Waals surface area contributed by atoms with Gasteiger partial charge in [0.25, 0.3) is 0 Å². The summed E-state index contributed by atoms with van der Waals surface area (Å²) in [6.45, 7) is 8.55. The van der Waals surface area contributed by atoms with Crippen LogP contribution < -0.4 is 5.73 Å². The Labute approximate surface area is 193 Å². The number of hydrogen-bond donors (Lipinski definition) is 2. The van der Waals surface area contributed by atoms with Crippen LogP contribution in [-0.2, 0) is 4.79 Å². The Kier molecular flexibility index (Phi) is 8.34. The van der Waals surface area contributed by atoms with Crippen molar-refractivity contribution in [3.8, 4) is 0 Å². The summed E-state index contributed by atoms with van der Waals surface area (Å²) in [5.74, 6) is -0.0492. The molecule has 2 atom stereocenters. The van der Waals surface area contributed by atoms with Crippen LogP contribution in [0.15, 0.2) is 24.3 Å². The quantitative estimate of drug-likeness (QED) is 0.548. The Hall–Kier alpha value is -1.92. The van der Waals surface area contributed by atoms with Gasteiger partial charge in [0.1, 0.15) is 6.61 Å². The summed E-state index contributed by atoms with van der Waals surface area (Å²) in [5.41, 5.74) is 7.37. The molecule has 2 fully saturated rings. The highest BCUT2D eigenvalue weighted by Gasteiger charge is 2.40. The Morgan fingerprint density at radius 3 is 2.50 bits per heavy atom. The highest BCUT2D eigenvalue weighted by atomic mass is 16.3. The zero-order valence-electron chi connectivity index (χ0n) is 20.1. The minimum absolute atomic E-state index is 0.0659. The molecule has 3 rings (SSSR count). The average molecular weight is 444 g/mol. The van der Waals surface area contributed by atoms with Crippen LogP contribution in [0.4, 0.5) is 0 Å². The van der Waals surface area contributed by atoms with Gasteiger partial charge in [0.15, 0.2) is 0 Å². The number of aliphatic hydroxyl groups excluding tert-OH is 1. The van der Waals surface area contributed by atoms with E-state index >= 15 is 0 Å². The van der Waals surface area contributed by atoms with Crippen LogP contribution in [0.1, 0.15) is 87.6 Å². The summed E-state index contributed by atoms with van der Waals surface area (Å²) in [5, 5.41) is 9.43. The van der Waals surface area contributed by atoms with E-state index in [0.29, 0.717) is 36.7 Å². The van der Waals surface area contributed by atoms with Crippen molar-refractivity contribution in [3.05, 3.63) is 35.4 Å². The van der Waals surface area contributed by atoms with Crippen molar-refractivity contribution in [1.29, 1.82) is 0 Å². The van der Waals surface area contributed by atoms with Crippen LogP contribution in [0, 0.1) is 5.41 Å². The minimum atomic E-state index is -0.413. The van der Waals surface area contributed by atoms with Crippen LogP contribution in [0.2, 0.25) is 0 Å². The Bertz CT molecular complexity index is 780. The summed E-state index contributed by atoms with van der Waals surface area (Å²) >= 11 is 0. The van der Waals surface area contributed by atoms with Crippen LogP contribution in [0.5, 0.6) is 0 Å². The van der Waals surface area contributed by atoms with E-state index in [1.54, 1.807) is 6.07 Å². The zero-order valence-corrected chi connectivity index (χ0v) is 20.1. The van der Waals surface area contributed by atoms with E-state index in [1.807, 2.05) is 17.0 Å². The maximum absolute atomic E-state index is 12.3. The molecule has 0 saturated carbocycles. The highest BCUT2D eigenvalue weighted by molar-refractivity contribution is 5.92. The van der Waals surface area contributed by atoms with Crippen molar-refractivity contribution in [3.63, 3.8) is 0 Å². The molecule has 32 heavy (non-hydrogen) atoms. The number of primary amides is 1. The van der Waals surface area contributed by atoms with Crippen LogP contribution in [0.25, 0.3) is 0 Å². The molecule has 0 radical (unpaired) electrons. The lowest BCUT2D eigenvalue weighted by Gasteiger charge is -2.40. The molecule has 178 valence electrons. The molecule has 0 spiro atoms. The molecule has 3 N–H and O–H groups in total. The first kappa shape index (κ1) is 24.7. The highest BCUT2D eigenvalue weighted by Crippen LogP contribution is 2.43. The number of fused-ring (bicyclic) bond motifs is 2. The van der Waals surface area contributed by atoms with Crippen LogP contribution in [0.3, 0.4) is 0 Å². The Morgan fingerprint density at radius 2 is 1.91 bits per heavy atom. The molecule has 2 bridgehead atoms. The van der Waals surface area contributed by atoms with E-state index < -0.39 is 6.61 Å². The lowest BCUT2D eigenvalue weighted by Crippen LogP contribution is -2.45. The third-order valence-corrected chi connectivity index (χ3v) is 7.40. The van der Waals surface area contributed by atoms with Gasteiger partial charge in [-0.1, -0.05) is 39.3 Å². The van der Waals surface area contributed by atoms with Crippen molar-refractivity contribution >= 4 is 11.8 Å². The van der Waals surface area contributed by atoms with Gasteiger partial charge in [0.05, 0.1) is 0 Å². The molecule has 2 heterocycles. The Morgan fingerprint density at radius 1 is 1.22 bits per heavy atom. The first-order valence-electron chi connectivity index (χ1n) is 12.3. The van der Waals surface area contributed by atoms with E-state index in [0.717, 1.165) is 38.6 Å². The van der Waals surface area contributed by atoms with Crippen molar-refractivity contribution < 1.29 is 14.7 Å². The van der Waals surface area contributed by atoms with Gasteiger partial charge in [0, 0.05) is 37.3 Å². The summed E-state index contributed by atoms with van der Waals surface area (Å²) in [7, 11) is 0. The van der Waals surface area contributed by atoms with Gasteiger partial charge in [-0.2, -0.15) is 0 Å². The fourth-order valence-electron chi connectivity index (χ4n) is 5.97. The molecule has 0 aliphatic carbocycles. The standard InChI is InChI=1S/C26H41N3O3/c1-4-11-26(2,3)18-28(24(31)17-30)12-6-13-29-22-9-10-23(29)16-21(15-22)19-7-5-8-20(14-19)25(27)32/h5,7-8,14,21-23,30H,4,6,9-13,15-18H2,1-3H3,(H2,27,32). The molecule has 6 nitrogen and oxygen atoms in total. The number of piperidine rings is 1. The monoisotopic (exact) mass is 443 g/mol. The normalized spacial score (nSPS) is 23.3. The smallest absolute Gasteiger partial charge is 0.248 e. The van der Waals surface area contributed by atoms with Gasteiger partial charge < -0.3 is 15.7 Å². The van der Waals surface area contributed by atoms with Gasteiger partial charge in [0.2, 0.25) is 11.8 Å². The van der Waals surface area contributed by atoms with Gasteiger partial charge in [-0.25, -0.2) is 0 Å². The van der Waals surface area contributed by atoms with Gasteiger partial charge in [-0.3, -0.25) is 14.5 Å². The summed E-state index contributed by atoms with van der Waals surface area (Å²) < 4.78 is 0. The third kappa shape index (κ3) is 6.10.